The highest BCUT2D eigenvalue weighted by molar-refractivity contribution is 5.50. The monoisotopic (exact) mass is 301 g/mol. The van der Waals surface area contributed by atoms with E-state index in [0.717, 1.165) is 57.1 Å². The molecule has 1 saturated heterocycles. The van der Waals surface area contributed by atoms with Crippen molar-refractivity contribution in [3.8, 4) is 11.5 Å². The maximum Gasteiger partial charge on any atom is 0.160 e. The van der Waals surface area contributed by atoms with E-state index >= 15 is 0 Å². The van der Waals surface area contributed by atoms with Crippen LogP contribution in [0, 0.1) is 0 Å². The average molecular weight is 301 g/mol. The average Bonchev–Trinajstić information content (AvgIpc) is 3.10. The van der Waals surface area contributed by atoms with Crippen LogP contribution in [-0.4, -0.2) is 38.6 Å². The van der Waals surface area contributed by atoms with E-state index in [2.05, 4.69) is 25.6 Å². The lowest BCUT2D eigenvalue weighted by Gasteiger charge is -2.23. The number of aryl methyl sites for hydroxylation is 1. The van der Waals surface area contributed by atoms with Gasteiger partial charge in [-0.25, -0.2) is 4.98 Å². The van der Waals surface area contributed by atoms with Crippen LogP contribution in [0.5, 0.6) is 0 Å². The van der Waals surface area contributed by atoms with Crippen LogP contribution in [0.15, 0.2) is 18.5 Å². The van der Waals surface area contributed by atoms with Crippen molar-refractivity contribution >= 4 is 0 Å². The molecule has 0 saturated carbocycles. The highest BCUT2D eigenvalue weighted by Crippen LogP contribution is 2.21. The minimum absolute atomic E-state index is 0.309. The minimum Gasteiger partial charge on any atom is -0.376 e. The maximum atomic E-state index is 5.86. The van der Waals surface area contributed by atoms with Gasteiger partial charge in [0.05, 0.1) is 18.3 Å². The summed E-state index contributed by atoms with van der Waals surface area (Å²) in [5.41, 5.74) is 2.22. The van der Waals surface area contributed by atoms with Crippen LogP contribution < -0.4 is 5.32 Å². The van der Waals surface area contributed by atoms with Gasteiger partial charge < -0.3 is 14.6 Å². The first kappa shape index (κ1) is 14.0. The summed E-state index contributed by atoms with van der Waals surface area (Å²) < 4.78 is 10.2. The van der Waals surface area contributed by atoms with Crippen molar-refractivity contribution in [3.63, 3.8) is 0 Å². The van der Waals surface area contributed by atoms with E-state index in [4.69, 9.17) is 9.84 Å². The number of hydrogen-bond donors (Lipinski definition) is 1. The zero-order valence-electron chi connectivity index (χ0n) is 12.9. The van der Waals surface area contributed by atoms with Crippen molar-refractivity contribution in [3.05, 3.63) is 24.2 Å². The molecule has 0 aliphatic carbocycles. The number of imidazole rings is 1. The van der Waals surface area contributed by atoms with Crippen LogP contribution in [-0.2, 0) is 24.4 Å². The molecule has 118 valence electrons. The quantitative estimate of drug-likeness (QED) is 0.939. The number of rotatable bonds is 3. The van der Waals surface area contributed by atoms with Gasteiger partial charge in [0.2, 0.25) is 0 Å². The summed E-state index contributed by atoms with van der Waals surface area (Å²) in [4.78, 5) is 4.53. The van der Waals surface area contributed by atoms with E-state index in [1.165, 1.54) is 18.5 Å². The van der Waals surface area contributed by atoms with Crippen LogP contribution in [0.25, 0.3) is 11.5 Å². The number of fused-ring (bicyclic) bond motifs is 1. The molecule has 22 heavy (non-hydrogen) atoms. The minimum atomic E-state index is 0.309. The molecule has 2 aliphatic heterocycles. The summed E-state index contributed by atoms with van der Waals surface area (Å²) in [6.45, 7) is 4.69. The van der Waals surface area contributed by atoms with Gasteiger partial charge in [-0.3, -0.25) is 4.68 Å². The van der Waals surface area contributed by atoms with Gasteiger partial charge in [0, 0.05) is 32.1 Å². The zero-order valence-corrected chi connectivity index (χ0v) is 12.9. The molecule has 6 nitrogen and oxygen atoms in total. The Balaban J connectivity index is 1.56. The molecule has 1 N–H and O–H groups in total. The third kappa shape index (κ3) is 2.80. The molecule has 6 heteroatoms. The van der Waals surface area contributed by atoms with Crippen LogP contribution in [0.1, 0.15) is 31.4 Å². The van der Waals surface area contributed by atoms with E-state index in [-0.39, 0.29) is 0 Å². The molecule has 0 aromatic carbocycles. The summed E-state index contributed by atoms with van der Waals surface area (Å²) >= 11 is 0. The Kier molecular flexibility index (Phi) is 3.95. The van der Waals surface area contributed by atoms with E-state index in [1.807, 2.05) is 12.4 Å². The van der Waals surface area contributed by atoms with Crippen LogP contribution in [0.4, 0.5) is 0 Å². The molecule has 0 unspecified atom stereocenters. The Hall–Kier alpha value is -1.66. The van der Waals surface area contributed by atoms with Gasteiger partial charge in [0.25, 0.3) is 0 Å². The highest BCUT2D eigenvalue weighted by atomic mass is 16.5. The molecular weight excluding hydrogens is 278 g/mol. The predicted octanol–water partition coefficient (Wildman–Crippen LogP) is 1.81. The topological polar surface area (TPSA) is 56.9 Å². The number of nitrogens with one attached hydrogen (secondary N) is 1. The molecule has 2 aliphatic rings. The molecule has 4 heterocycles. The Bertz CT molecular complexity index is 603. The van der Waals surface area contributed by atoms with Crippen molar-refractivity contribution in [2.45, 2.75) is 51.4 Å². The summed E-state index contributed by atoms with van der Waals surface area (Å²) in [5, 5.41) is 8.19. The van der Waals surface area contributed by atoms with E-state index in [9.17, 15) is 0 Å². The third-order valence-corrected chi connectivity index (χ3v) is 4.51. The summed E-state index contributed by atoms with van der Waals surface area (Å²) in [6, 6.07) is 2.17. The fourth-order valence-electron chi connectivity index (χ4n) is 3.33. The van der Waals surface area contributed by atoms with Gasteiger partial charge in [-0.05, 0) is 38.3 Å². The first-order chi connectivity index (χ1) is 10.9. The van der Waals surface area contributed by atoms with Crippen molar-refractivity contribution in [1.82, 2.24) is 24.6 Å². The number of hydrogen-bond acceptors (Lipinski definition) is 4. The zero-order chi connectivity index (χ0) is 14.8. The number of nitrogens with zero attached hydrogens (tertiary/aromatic N) is 4. The molecule has 0 spiro atoms. The summed E-state index contributed by atoms with van der Waals surface area (Å²) in [6.07, 6.45) is 8.92. The van der Waals surface area contributed by atoms with Gasteiger partial charge >= 0.3 is 0 Å². The van der Waals surface area contributed by atoms with Crippen molar-refractivity contribution in [2.75, 3.05) is 13.2 Å². The Morgan fingerprint density at radius 3 is 3.23 bits per heavy atom. The largest absolute Gasteiger partial charge is 0.376 e. The summed E-state index contributed by atoms with van der Waals surface area (Å²) in [7, 11) is 0. The molecule has 0 amide bonds. The normalized spacial score (nSPS) is 22.3. The van der Waals surface area contributed by atoms with Gasteiger partial charge in [-0.15, -0.1) is 0 Å². The molecule has 0 bridgehead atoms. The molecule has 1 fully saturated rings. The number of ether oxygens (including phenoxy) is 1. The third-order valence-electron chi connectivity index (χ3n) is 4.51. The standard InChI is InChI=1S/C16H23N5O/c1-2-9-22-14(4-1)12-20-8-6-18-16(20)15-10-13-11-17-5-3-7-21(13)19-15/h6,8,10,14,17H,1-5,7,9,11-12H2/t14-/m0/s1. The fourth-order valence-corrected chi connectivity index (χ4v) is 3.33. The first-order valence-corrected chi connectivity index (χ1v) is 8.31. The smallest absolute Gasteiger partial charge is 0.160 e. The molecule has 2 aromatic heterocycles. The molecule has 1 atom stereocenters. The Labute approximate surface area is 130 Å². The predicted molar refractivity (Wildman–Crippen MR) is 83.4 cm³/mol. The fraction of sp³-hybridized carbons (Fsp3) is 0.625. The van der Waals surface area contributed by atoms with Crippen LogP contribution in [0.2, 0.25) is 0 Å². The van der Waals surface area contributed by atoms with E-state index < -0.39 is 0 Å². The molecule has 0 radical (unpaired) electrons. The highest BCUT2D eigenvalue weighted by Gasteiger charge is 2.19. The van der Waals surface area contributed by atoms with E-state index in [0.29, 0.717) is 6.10 Å². The summed E-state index contributed by atoms with van der Waals surface area (Å²) in [5.74, 6) is 0.953. The van der Waals surface area contributed by atoms with Crippen molar-refractivity contribution in [1.29, 1.82) is 0 Å². The van der Waals surface area contributed by atoms with Crippen molar-refractivity contribution in [2.24, 2.45) is 0 Å². The molecule has 2 aromatic rings. The SMILES string of the molecule is c1cn(C[C@@H]2CCCCO2)c(-c2cc3n(n2)CCCNC3)n1. The lowest BCUT2D eigenvalue weighted by molar-refractivity contribution is 0.00623. The first-order valence-electron chi connectivity index (χ1n) is 8.31. The van der Waals surface area contributed by atoms with Crippen molar-refractivity contribution < 1.29 is 4.74 Å². The second-order valence-electron chi connectivity index (χ2n) is 6.17. The second-order valence-corrected chi connectivity index (χ2v) is 6.17. The number of aromatic nitrogens is 4. The lowest BCUT2D eigenvalue weighted by atomic mass is 10.1. The maximum absolute atomic E-state index is 5.86. The van der Waals surface area contributed by atoms with Gasteiger partial charge in [0.15, 0.2) is 5.82 Å². The Morgan fingerprint density at radius 2 is 2.32 bits per heavy atom. The molecule has 4 rings (SSSR count). The van der Waals surface area contributed by atoms with Crippen LogP contribution >= 0.6 is 0 Å². The lowest BCUT2D eigenvalue weighted by Crippen LogP contribution is -2.24. The van der Waals surface area contributed by atoms with E-state index in [1.54, 1.807) is 0 Å². The Morgan fingerprint density at radius 1 is 1.32 bits per heavy atom. The van der Waals surface area contributed by atoms with Gasteiger partial charge in [-0.2, -0.15) is 5.10 Å². The molecular formula is C16H23N5O. The van der Waals surface area contributed by atoms with Gasteiger partial charge in [0.1, 0.15) is 5.69 Å². The van der Waals surface area contributed by atoms with Gasteiger partial charge in [-0.1, -0.05) is 0 Å². The second kappa shape index (κ2) is 6.22. The van der Waals surface area contributed by atoms with Crippen LogP contribution in [0.3, 0.4) is 0 Å².